The molecule has 1 aromatic heterocycles. The van der Waals surface area contributed by atoms with Crippen molar-refractivity contribution in [3.05, 3.63) is 51.5 Å². The SMILES string of the molecule is CN=C(NCCc1ncc(C)s1)NCc1ccc(CN2CCCCC2C)cc1. The number of rotatable bonds is 7. The second-order valence-electron chi connectivity index (χ2n) is 7.60. The zero-order valence-electron chi connectivity index (χ0n) is 17.4. The molecule has 0 amide bonds. The molecule has 28 heavy (non-hydrogen) atoms. The van der Waals surface area contributed by atoms with E-state index in [1.165, 1.54) is 46.8 Å². The third-order valence-electron chi connectivity index (χ3n) is 5.33. The predicted octanol–water partition coefficient (Wildman–Crippen LogP) is 3.73. The molecule has 0 radical (unpaired) electrons. The average Bonchev–Trinajstić information content (AvgIpc) is 3.12. The molecule has 1 atom stereocenters. The lowest BCUT2D eigenvalue weighted by molar-refractivity contribution is 0.152. The van der Waals surface area contributed by atoms with Gasteiger partial charge in [-0.25, -0.2) is 4.98 Å². The molecule has 152 valence electrons. The number of aryl methyl sites for hydroxylation is 1. The van der Waals surface area contributed by atoms with Crippen LogP contribution in [0.5, 0.6) is 0 Å². The van der Waals surface area contributed by atoms with E-state index in [0.29, 0.717) is 6.04 Å². The Kier molecular flexibility index (Phi) is 7.86. The Balaban J connectivity index is 1.41. The Hall–Kier alpha value is -1.92. The summed E-state index contributed by atoms with van der Waals surface area (Å²) in [5, 5.41) is 7.93. The Bertz CT molecular complexity index is 753. The molecule has 6 heteroatoms. The Morgan fingerprint density at radius 3 is 2.68 bits per heavy atom. The number of aliphatic imine (C=N–C) groups is 1. The number of benzene rings is 1. The molecule has 1 aliphatic heterocycles. The van der Waals surface area contributed by atoms with Gasteiger partial charge in [0.15, 0.2) is 5.96 Å². The predicted molar refractivity (Wildman–Crippen MR) is 119 cm³/mol. The summed E-state index contributed by atoms with van der Waals surface area (Å²) in [6.07, 6.45) is 6.89. The summed E-state index contributed by atoms with van der Waals surface area (Å²) in [5.74, 6) is 0.833. The molecule has 0 saturated carbocycles. The molecule has 0 spiro atoms. The second-order valence-corrected chi connectivity index (χ2v) is 8.92. The van der Waals surface area contributed by atoms with Crippen LogP contribution in [-0.4, -0.2) is 42.0 Å². The van der Waals surface area contributed by atoms with Crippen LogP contribution in [0.2, 0.25) is 0 Å². The first-order valence-electron chi connectivity index (χ1n) is 10.3. The quantitative estimate of drug-likeness (QED) is 0.550. The molecule has 2 heterocycles. The van der Waals surface area contributed by atoms with Gasteiger partial charge in [-0.1, -0.05) is 30.7 Å². The Morgan fingerprint density at radius 2 is 2.00 bits per heavy atom. The van der Waals surface area contributed by atoms with Crippen LogP contribution in [0.15, 0.2) is 35.5 Å². The van der Waals surface area contributed by atoms with E-state index in [0.717, 1.165) is 32.0 Å². The topological polar surface area (TPSA) is 52.6 Å². The van der Waals surface area contributed by atoms with Crippen LogP contribution in [0.25, 0.3) is 0 Å². The molecule has 3 rings (SSSR count). The number of hydrogen-bond donors (Lipinski definition) is 2. The third kappa shape index (κ3) is 6.31. The van der Waals surface area contributed by atoms with Crippen LogP contribution in [0.1, 0.15) is 47.2 Å². The summed E-state index contributed by atoms with van der Waals surface area (Å²) in [5.41, 5.74) is 2.67. The summed E-state index contributed by atoms with van der Waals surface area (Å²) in [4.78, 5) is 12.6. The lowest BCUT2D eigenvalue weighted by atomic mass is 10.0. The smallest absolute Gasteiger partial charge is 0.191 e. The van der Waals surface area contributed by atoms with Gasteiger partial charge in [0.05, 0.1) is 5.01 Å². The summed E-state index contributed by atoms with van der Waals surface area (Å²) in [6.45, 7) is 8.34. The van der Waals surface area contributed by atoms with Gasteiger partial charge in [-0.05, 0) is 44.4 Å². The fourth-order valence-corrected chi connectivity index (χ4v) is 4.39. The van der Waals surface area contributed by atoms with Gasteiger partial charge in [-0.3, -0.25) is 9.89 Å². The minimum atomic E-state index is 0.706. The van der Waals surface area contributed by atoms with E-state index < -0.39 is 0 Å². The maximum atomic E-state index is 4.40. The number of hydrogen-bond acceptors (Lipinski definition) is 4. The summed E-state index contributed by atoms with van der Waals surface area (Å²) >= 11 is 1.76. The van der Waals surface area contributed by atoms with Crippen molar-refractivity contribution < 1.29 is 0 Å². The highest BCUT2D eigenvalue weighted by Gasteiger charge is 2.17. The number of nitrogens with zero attached hydrogens (tertiary/aromatic N) is 3. The Labute approximate surface area is 173 Å². The number of aromatic nitrogens is 1. The highest BCUT2D eigenvalue weighted by atomic mass is 32.1. The largest absolute Gasteiger partial charge is 0.356 e. The summed E-state index contributed by atoms with van der Waals surface area (Å²) in [7, 11) is 1.81. The van der Waals surface area contributed by atoms with E-state index in [1.807, 2.05) is 13.2 Å². The first-order chi connectivity index (χ1) is 13.6. The highest BCUT2D eigenvalue weighted by molar-refractivity contribution is 7.11. The van der Waals surface area contributed by atoms with Crippen molar-refractivity contribution in [2.75, 3.05) is 20.1 Å². The van der Waals surface area contributed by atoms with Crippen LogP contribution < -0.4 is 10.6 Å². The van der Waals surface area contributed by atoms with Crippen molar-refractivity contribution in [1.29, 1.82) is 0 Å². The minimum Gasteiger partial charge on any atom is -0.356 e. The zero-order chi connectivity index (χ0) is 19.8. The minimum absolute atomic E-state index is 0.706. The summed E-state index contributed by atoms with van der Waals surface area (Å²) in [6, 6.07) is 9.68. The number of piperidine rings is 1. The van der Waals surface area contributed by atoms with E-state index in [4.69, 9.17) is 0 Å². The van der Waals surface area contributed by atoms with Crippen LogP contribution in [0.4, 0.5) is 0 Å². The number of thiazole rings is 1. The van der Waals surface area contributed by atoms with E-state index in [-0.39, 0.29) is 0 Å². The molecule has 2 aromatic rings. The molecule has 1 aromatic carbocycles. The molecule has 1 aliphatic rings. The highest BCUT2D eigenvalue weighted by Crippen LogP contribution is 2.19. The van der Waals surface area contributed by atoms with Crippen molar-refractivity contribution in [2.45, 2.75) is 58.7 Å². The molecule has 1 fully saturated rings. The van der Waals surface area contributed by atoms with Gasteiger partial charge in [0.25, 0.3) is 0 Å². The van der Waals surface area contributed by atoms with E-state index in [9.17, 15) is 0 Å². The molecular formula is C22H33N5S. The van der Waals surface area contributed by atoms with Crippen molar-refractivity contribution in [2.24, 2.45) is 4.99 Å². The summed E-state index contributed by atoms with van der Waals surface area (Å²) < 4.78 is 0. The van der Waals surface area contributed by atoms with Gasteiger partial charge in [-0.15, -0.1) is 11.3 Å². The van der Waals surface area contributed by atoms with E-state index >= 15 is 0 Å². The van der Waals surface area contributed by atoms with Gasteiger partial charge in [-0.2, -0.15) is 0 Å². The number of nitrogens with one attached hydrogen (secondary N) is 2. The number of likely N-dealkylation sites (tertiary alicyclic amines) is 1. The lowest BCUT2D eigenvalue weighted by Gasteiger charge is -2.33. The third-order valence-corrected chi connectivity index (χ3v) is 6.31. The van der Waals surface area contributed by atoms with Gasteiger partial charge in [0.1, 0.15) is 0 Å². The van der Waals surface area contributed by atoms with Crippen LogP contribution >= 0.6 is 11.3 Å². The fraction of sp³-hybridized carbons (Fsp3) is 0.545. The van der Waals surface area contributed by atoms with Crippen molar-refractivity contribution in [3.63, 3.8) is 0 Å². The second kappa shape index (κ2) is 10.6. The molecule has 1 saturated heterocycles. The maximum Gasteiger partial charge on any atom is 0.191 e. The normalized spacial score (nSPS) is 18.2. The van der Waals surface area contributed by atoms with Gasteiger partial charge in [0.2, 0.25) is 0 Å². The van der Waals surface area contributed by atoms with Crippen molar-refractivity contribution in [3.8, 4) is 0 Å². The molecular weight excluding hydrogens is 366 g/mol. The first-order valence-corrected chi connectivity index (χ1v) is 11.1. The van der Waals surface area contributed by atoms with Gasteiger partial charge in [0, 0.05) is 50.2 Å². The molecule has 0 aliphatic carbocycles. The van der Waals surface area contributed by atoms with Crippen LogP contribution in [-0.2, 0) is 19.5 Å². The van der Waals surface area contributed by atoms with Crippen molar-refractivity contribution >= 4 is 17.3 Å². The lowest BCUT2D eigenvalue weighted by Crippen LogP contribution is -2.38. The van der Waals surface area contributed by atoms with Gasteiger partial charge < -0.3 is 10.6 Å². The average molecular weight is 400 g/mol. The molecule has 2 N–H and O–H groups in total. The van der Waals surface area contributed by atoms with E-state index in [2.05, 4.69) is 63.6 Å². The molecule has 1 unspecified atom stereocenters. The number of guanidine groups is 1. The molecule has 5 nitrogen and oxygen atoms in total. The fourth-order valence-electron chi connectivity index (χ4n) is 3.60. The van der Waals surface area contributed by atoms with E-state index in [1.54, 1.807) is 11.3 Å². The van der Waals surface area contributed by atoms with Crippen molar-refractivity contribution in [1.82, 2.24) is 20.5 Å². The molecule has 0 bridgehead atoms. The monoisotopic (exact) mass is 399 g/mol. The maximum absolute atomic E-state index is 4.40. The zero-order valence-corrected chi connectivity index (χ0v) is 18.2. The standard InChI is InChI=1S/C22H33N5S/c1-17-6-4-5-13-27(17)16-20-9-7-19(8-10-20)15-26-22(23-3)24-12-11-21-25-14-18(2)28-21/h7-10,14,17H,4-6,11-13,15-16H2,1-3H3,(H2,23,24,26). The van der Waals surface area contributed by atoms with Gasteiger partial charge >= 0.3 is 0 Å². The first kappa shape index (κ1) is 20.8. The Morgan fingerprint density at radius 1 is 1.21 bits per heavy atom. The van der Waals surface area contributed by atoms with Crippen LogP contribution in [0.3, 0.4) is 0 Å². The van der Waals surface area contributed by atoms with Crippen LogP contribution in [0, 0.1) is 6.92 Å².